The highest BCUT2D eigenvalue weighted by molar-refractivity contribution is 8.00. The zero-order valence-electron chi connectivity index (χ0n) is 15.1. The zero-order chi connectivity index (χ0) is 18.1. The molecule has 2 rings (SSSR count). The van der Waals surface area contributed by atoms with Crippen LogP contribution in [0.2, 0.25) is 0 Å². The molecule has 2 aromatic rings. The number of carbonyl (C=O) groups is 1. The van der Waals surface area contributed by atoms with Crippen LogP contribution in [-0.4, -0.2) is 37.3 Å². The normalized spacial score (nSPS) is 10.7. The Morgan fingerprint density at radius 3 is 2.40 bits per heavy atom. The maximum atomic E-state index is 12.1. The van der Waals surface area contributed by atoms with Gasteiger partial charge in [-0.2, -0.15) is 0 Å². The summed E-state index contributed by atoms with van der Waals surface area (Å²) in [5.74, 6) is 1.30. The van der Waals surface area contributed by atoms with Crippen LogP contribution in [-0.2, 0) is 17.9 Å². The third-order valence-electron chi connectivity index (χ3n) is 3.59. The van der Waals surface area contributed by atoms with Gasteiger partial charge in [-0.15, -0.1) is 11.8 Å². The lowest BCUT2D eigenvalue weighted by Crippen LogP contribution is -2.25. The lowest BCUT2D eigenvalue weighted by atomic mass is 10.1. The molecule has 4 nitrogen and oxygen atoms in total. The standard InChI is InChI=1S/C20H26N2O2S/c1-4-24-18-9-11-19(12-10-18)25-15-20(23)21-13-16-7-5-6-8-17(16)14-22(2)3/h5-12H,4,13-15H2,1-3H3,(H,21,23). The maximum Gasteiger partial charge on any atom is 0.230 e. The summed E-state index contributed by atoms with van der Waals surface area (Å²) < 4.78 is 5.42. The van der Waals surface area contributed by atoms with E-state index in [9.17, 15) is 4.79 Å². The molecule has 5 heteroatoms. The van der Waals surface area contributed by atoms with E-state index in [-0.39, 0.29) is 5.91 Å². The molecule has 0 aromatic heterocycles. The predicted octanol–water partition coefficient (Wildman–Crippen LogP) is 3.56. The SMILES string of the molecule is CCOc1ccc(SCC(=O)NCc2ccccc2CN(C)C)cc1. The number of nitrogens with zero attached hydrogens (tertiary/aromatic N) is 1. The van der Waals surface area contributed by atoms with E-state index in [1.54, 1.807) is 0 Å². The van der Waals surface area contributed by atoms with Crippen LogP contribution in [0.3, 0.4) is 0 Å². The third-order valence-corrected chi connectivity index (χ3v) is 4.60. The fraction of sp³-hybridized carbons (Fsp3) is 0.350. The van der Waals surface area contributed by atoms with Crippen molar-refractivity contribution in [2.24, 2.45) is 0 Å². The van der Waals surface area contributed by atoms with Crippen molar-refractivity contribution < 1.29 is 9.53 Å². The topological polar surface area (TPSA) is 41.6 Å². The summed E-state index contributed by atoms with van der Waals surface area (Å²) in [5, 5.41) is 3.01. The molecular weight excluding hydrogens is 332 g/mol. The van der Waals surface area contributed by atoms with Gasteiger partial charge < -0.3 is 15.0 Å². The Bertz CT molecular complexity index is 672. The molecular formula is C20H26N2O2S. The van der Waals surface area contributed by atoms with Crippen molar-refractivity contribution in [3.63, 3.8) is 0 Å². The highest BCUT2D eigenvalue weighted by atomic mass is 32.2. The molecule has 2 aromatic carbocycles. The molecule has 0 fully saturated rings. The first-order valence-corrected chi connectivity index (χ1v) is 9.41. The van der Waals surface area contributed by atoms with Gasteiger partial charge >= 0.3 is 0 Å². The highest BCUT2D eigenvalue weighted by Gasteiger charge is 2.06. The average Bonchev–Trinajstić information content (AvgIpc) is 2.60. The van der Waals surface area contributed by atoms with Gasteiger partial charge in [0.2, 0.25) is 5.91 Å². The first-order valence-electron chi connectivity index (χ1n) is 8.42. The van der Waals surface area contributed by atoms with Crippen molar-refractivity contribution in [2.45, 2.75) is 24.9 Å². The van der Waals surface area contributed by atoms with Crippen LogP contribution >= 0.6 is 11.8 Å². The predicted molar refractivity (Wildman–Crippen MR) is 104 cm³/mol. The molecule has 134 valence electrons. The van der Waals surface area contributed by atoms with Crippen LogP contribution in [0.1, 0.15) is 18.1 Å². The van der Waals surface area contributed by atoms with Gasteiger partial charge in [-0.05, 0) is 56.4 Å². The second-order valence-corrected chi connectivity index (χ2v) is 7.03. The maximum absolute atomic E-state index is 12.1. The van der Waals surface area contributed by atoms with Crippen molar-refractivity contribution in [3.05, 3.63) is 59.7 Å². The van der Waals surface area contributed by atoms with E-state index in [1.807, 2.05) is 57.4 Å². The number of rotatable bonds is 9. The van der Waals surface area contributed by atoms with Gasteiger partial charge in [0.15, 0.2) is 0 Å². The van der Waals surface area contributed by atoms with Crippen LogP contribution in [0.25, 0.3) is 0 Å². The molecule has 0 spiro atoms. The van der Waals surface area contributed by atoms with Gasteiger partial charge in [-0.1, -0.05) is 24.3 Å². The second kappa shape index (κ2) is 10.1. The molecule has 0 bridgehead atoms. The molecule has 1 amide bonds. The van der Waals surface area contributed by atoms with E-state index in [4.69, 9.17) is 4.74 Å². The van der Waals surface area contributed by atoms with Crippen LogP contribution in [0.15, 0.2) is 53.4 Å². The van der Waals surface area contributed by atoms with E-state index < -0.39 is 0 Å². The van der Waals surface area contributed by atoms with E-state index >= 15 is 0 Å². The minimum absolute atomic E-state index is 0.0403. The number of carbonyl (C=O) groups excluding carboxylic acids is 1. The molecule has 0 radical (unpaired) electrons. The molecule has 0 aliphatic rings. The first kappa shape index (κ1) is 19.3. The number of ether oxygens (including phenoxy) is 1. The van der Waals surface area contributed by atoms with Crippen molar-refractivity contribution in [1.82, 2.24) is 10.2 Å². The van der Waals surface area contributed by atoms with E-state index in [0.717, 1.165) is 22.8 Å². The molecule has 0 aliphatic heterocycles. The minimum Gasteiger partial charge on any atom is -0.494 e. The van der Waals surface area contributed by atoms with Crippen molar-refractivity contribution >= 4 is 17.7 Å². The Morgan fingerprint density at radius 2 is 1.76 bits per heavy atom. The van der Waals surface area contributed by atoms with Gasteiger partial charge in [0.25, 0.3) is 0 Å². The van der Waals surface area contributed by atoms with Crippen LogP contribution in [0, 0.1) is 0 Å². The number of thioether (sulfide) groups is 1. The van der Waals surface area contributed by atoms with Gasteiger partial charge in [0, 0.05) is 18.0 Å². The lowest BCUT2D eigenvalue weighted by Gasteiger charge is -2.14. The van der Waals surface area contributed by atoms with Crippen molar-refractivity contribution in [2.75, 3.05) is 26.5 Å². The fourth-order valence-corrected chi connectivity index (χ4v) is 3.15. The smallest absolute Gasteiger partial charge is 0.230 e. The van der Waals surface area contributed by atoms with E-state index in [2.05, 4.69) is 22.3 Å². The molecule has 1 N–H and O–H groups in total. The summed E-state index contributed by atoms with van der Waals surface area (Å²) in [4.78, 5) is 15.3. The Labute approximate surface area is 154 Å². The average molecular weight is 359 g/mol. The van der Waals surface area contributed by atoms with E-state index in [0.29, 0.717) is 18.9 Å². The zero-order valence-corrected chi connectivity index (χ0v) is 15.9. The minimum atomic E-state index is 0.0403. The molecule has 0 atom stereocenters. The van der Waals surface area contributed by atoms with Gasteiger partial charge in [-0.25, -0.2) is 0 Å². The molecule has 0 heterocycles. The lowest BCUT2D eigenvalue weighted by molar-refractivity contribution is -0.118. The summed E-state index contributed by atoms with van der Waals surface area (Å²) in [6.07, 6.45) is 0. The van der Waals surface area contributed by atoms with E-state index in [1.165, 1.54) is 17.3 Å². The second-order valence-electron chi connectivity index (χ2n) is 5.98. The van der Waals surface area contributed by atoms with Crippen molar-refractivity contribution in [3.8, 4) is 5.75 Å². The number of nitrogens with one attached hydrogen (secondary N) is 1. The third kappa shape index (κ3) is 6.80. The number of hydrogen-bond donors (Lipinski definition) is 1. The monoisotopic (exact) mass is 358 g/mol. The Balaban J connectivity index is 1.81. The summed E-state index contributed by atoms with van der Waals surface area (Å²) in [6, 6.07) is 16.0. The Morgan fingerprint density at radius 1 is 1.08 bits per heavy atom. The van der Waals surface area contributed by atoms with Gasteiger partial charge in [-0.3, -0.25) is 4.79 Å². The summed E-state index contributed by atoms with van der Waals surface area (Å²) in [6.45, 7) is 4.05. The van der Waals surface area contributed by atoms with Crippen molar-refractivity contribution in [1.29, 1.82) is 0 Å². The van der Waals surface area contributed by atoms with Crippen LogP contribution in [0.5, 0.6) is 5.75 Å². The van der Waals surface area contributed by atoms with Gasteiger partial charge in [0.1, 0.15) is 5.75 Å². The summed E-state index contributed by atoms with van der Waals surface area (Å²) in [7, 11) is 4.09. The number of hydrogen-bond acceptors (Lipinski definition) is 4. The molecule has 0 aliphatic carbocycles. The first-order chi connectivity index (χ1) is 12.1. The van der Waals surface area contributed by atoms with Crippen LogP contribution in [0.4, 0.5) is 0 Å². The molecule has 0 saturated heterocycles. The number of amides is 1. The Hall–Kier alpha value is -1.98. The summed E-state index contributed by atoms with van der Waals surface area (Å²) >= 11 is 1.53. The van der Waals surface area contributed by atoms with Crippen LogP contribution < -0.4 is 10.1 Å². The van der Waals surface area contributed by atoms with Gasteiger partial charge in [0.05, 0.1) is 12.4 Å². The number of benzene rings is 2. The Kier molecular flexibility index (Phi) is 7.82. The molecule has 0 unspecified atom stereocenters. The fourth-order valence-electron chi connectivity index (χ4n) is 2.42. The largest absolute Gasteiger partial charge is 0.494 e. The quantitative estimate of drug-likeness (QED) is 0.696. The molecule has 0 saturated carbocycles. The molecule has 25 heavy (non-hydrogen) atoms. The highest BCUT2D eigenvalue weighted by Crippen LogP contribution is 2.21. The summed E-state index contributed by atoms with van der Waals surface area (Å²) in [5.41, 5.74) is 2.41.